The van der Waals surface area contributed by atoms with Crippen molar-refractivity contribution in [1.29, 1.82) is 5.26 Å². The second-order valence-electron chi connectivity index (χ2n) is 4.86. The summed E-state index contributed by atoms with van der Waals surface area (Å²) in [6.07, 6.45) is 2.85. The number of hydrogen-bond acceptors (Lipinski definition) is 4. The number of aryl methyl sites for hydroxylation is 1. The van der Waals surface area contributed by atoms with Gasteiger partial charge in [-0.2, -0.15) is 5.26 Å². The van der Waals surface area contributed by atoms with E-state index in [-0.39, 0.29) is 11.3 Å². The van der Waals surface area contributed by atoms with Crippen LogP contribution >= 0.6 is 11.3 Å². The quantitative estimate of drug-likeness (QED) is 0.837. The van der Waals surface area contributed by atoms with Crippen LogP contribution in [0.4, 0.5) is 15.1 Å². The summed E-state index contributed by atoms with van der Waals surface area (Å²) in [4.78, 5) is 13.4. The molecule has 1 heterocycles. The number of fused-ring (bicyclic) bond motifs is 1. The molecule has 6 heteroatoms. The minimum absolute atomic E-state index is 0.0763. The van der Waals surface area contributed by atoms with Gasteiger partial charge >= 0.3 is 0 Å². The summed E-state index contributed by atoms with van der Waals surface area (Å²) in [6.45, 7) is 0. The molecule has 0 saturated heterocycles. The first-order valence-corrected chi connectivity index (χ1v) is 7.33. The van der Waals surface area contributed by atoms with E-state index in [4.69, 9.17) is 5.73 Å². The maximum Gasteiger partial charge on any atom is 0.258 e. The first-order valence-electron chi connectivity index (χ1n) is 6.51. The normalized spacial score (nSPS) is 12.8. The Morgan fingerprint density at radius 1 is 1.43 bits per heavy atom. The fourth-order valence-electron chi connectivity index (χ4n) is 2.51. The number of hydrogen-bond donors (Lipinski definition) is 2. The summed E-state index contributed by atoms with van der Waals surface area (Å²) in [5, 5.41) is 12.5. The highest BCUT2D eigenvalue weighted by Gasteiger charge is 2.23. The second-order valence-corrected chi connectivity index (χ2v) is 5.96. The minimum atomic E-state index is -0.525. The highest BCUT2D eigenvalue weighted by atomic mass is 32.1. The van der Waals surface area contributed by atoms with Crippen molar-refractivity contribution in [3.8, 4) is 6.07 Å². The van der Waals surface area contributed by atoms with Crippen LogP contribution in [0, 0.1) is 17.1 Å². The summed E-state index contributed by atoms with van der Waals surface area (Å²) in [6, 6.07) is 5.80. The van der Waals surface area contributed by atoms with E-state index in [0.717, 1.165) is 35.8 Å². The van der Waals surface area contributed by atoms with Crippen LogP contribution in [0.1, 0.15) is 32.8 Å². The van der Waals surface area contributed by atoms with Crippen molar-refractivity contribution in [2.75, 3.05) is 11.1 Å². The third-order valence-electron chi connectivity index (χ3n) is 3.52. The fourth-order valence-corrected chi connectivity index (χ4v) is 3.74. The van der Waals surface area contributed by atoms with Crippen molar-refractivity contribution in [2.24, 2.45) is 0 Å². The van der Waals surface area contributed by atoms with Gasteiger partial charge in [0.1, 0.15) is 16.9 Å². The maximum atomic E-state index is 13.2. The van der Waals surface area contributed by atoms with Crippen LogP contribution in [-0.4, -0.2) is 5.91 Å². The number of nitrogens with two attached hydrogens (primary N) is 1. The lowest BCUT2D eigenvalue weighted by molar-refractivity contribution is 0.102. The third-order valence-corrected chi connectivity index (χ3v) is 4.73. The molecule has 1 aliphatic carbocycles. The maximum absolute atomic E-state index is 13.2. The number of nitriles is 1. The molecule has 0 saturated carbocycles. The number of nitrogens with zero attached hydrogens (tertiary/aromatic N) is 1. The number of carbonyl (C=O) groups excluding carboxylic acids is 1. The zero-order chi connectivity index (χ0) is 15.0. The van der Waals surface area contributed by atoms with Crippen LogP contribution in [0.25, 0.3) is 0 Å². The number of halogens is 1. The highest BCUT2D eigenvalue weighted by Crippen LogP contribution is 2.38. The summed E-state index contributed by atoms with van der Waals surface area (Å²) in [7, 11) is 0. The molecule has 0 aliphatic heterocycles. The molecule has 0 spiro atoms. The van der Waals surface area contributed by atoms with E-state index in [1.165, 1.54) is 23.5 Å². The molecule has 21 heavy (non-hydrogen) atoms. The molecule has 0 bridgehead atoms. The van der Waals surface area contributed by atoms with Gasteiger partial charge in [0.15, 0.2) is 0 Å². The summed E-state index contributed by atoms with van der Waals surface area (Å²) in [5.74, 6) is -1.02. The number of amides is 1. The van der Waals surface area contributed by atoms with Gasteiger partial charge in [0, 0.05) is 10.6 Å². The Morgan fingerprint density at radius 3 is 3.00 bits per heavy atom. The van der Waals surface area contributed by atoms with Gasteiger partial charge in [-0.1, -0.05) is 0 Å². The Morgan fingerprint density at radius 2 is 2.24 bits per heavy atom. The molecule has 0 atom stereocenters. The first-order chi connectivity index (χ1) is 10.1. The van der Waals surface area contributed by atoms with Crippen LogP contribution in [0.2, 0.25) is 0 Å². The molecule has 4 nitrogen and oxygen atoms in total. The Balaban J connectivity index is 1.92. The molecule has 0 fully saturated rings. The molecule has 3 rings (SSSR count). The lowest BCUT2D eigenvalue weighted by Crippen LogP contribution is -2.14. The molecular formula is C15H12FN3OS. The van der Waals surface area contributed by atoms with E-state index >= 15 is 0 Å². The zero-order valence-electron chi connectivity index (χ0n) is 11.1. The Labute approximate surface area is 125 Å². The number of nitrogens with one attached hydrogen (secondary N) is 1. The van der Waals surface area contributed by atoms with Gasteiger partial charge < -0.3 is 11.1 Å². The van der Waals surface area contributed by atoms with E-state index in [1.54, 1.807) is 0 Å². The molecule has 1 aromatic carbocycles. The van der Waals surface area contributed by atoms with Crippen LogP contribution in [0.3, 0.4) is 0 Å². The average Bonchev–Trinajstić information content (AvgIpc) is 3.01. The monoisotopic (exact) mass is 301 g/mol. The van der Waals surface area contributed by atoms with Crippen molar-refractivity contribution in [2.45, 2.75) is 19.3 Å². The SMILES string of the molecule is N#Cc1c(NC(=O)c2cc(F)ccc2N)sc2c1CCC2. The molecule has 106 valence electrons. The smallest absolute Gasteiger partial charge is 0.258 e. The minimum Gasteiger partial charge on any atom is -0.398 e. The molecular weight excluding hydrogens is 289 g/mol. The van der Waals surface area contributed by atoms with Gasteiger partial charge in [0.25, 0.3) is 5.91 Å². The molecule has 1 amide bonds. The Bertz CT molecular complexity index is 776. The van der Waals surface area contributed by atoms with E-state index in [0.29, 0.717) is 10.6 Å². The van der Waals surface area contributed by atoms with Crippen LogP contribution < -0.4 is 11.1 Å². The summed E-state index contributed by atoms with van der Waals surface area (Å²) < 4.78 is 13.2. The molecule has 0 unspecified atom stereocenters. The van der Waals surface area contributed by atoms with Crippen molar-refractivity contribution in [3.63, 3.8) is 0 Å². The van der Waals surface area contributed by atoms with Crippen LogP contribution in [-0.2, 0) is 12.8 Å². The highest BCUT2D eigenvalue weighted by molar-refractivity contribution is 7.16. The van der Waals surface area contributed by atoms with E-state index in [2.05, 4.69) is 11.4 Å². The number of nitrogen functional groups attached to an aromatic ring is 1. The van der Waals surface area contributed by atoms with E-state index in [9.17, 15) is 14.4 Å². The van der Waals surface area contributed by atoms with Crippen molar-refractivity contribution >= 4 is 27.9 Å². The molecule has 3 N–H and O–H groups in total. The lowest BCUT2D eigenvalue weighted by atomic mass is 10.1. The van der Waals surface area contributed by atoms with Gasteiger partial charge in [-0.15, -0.1) is 11.3 Å². The van der Waals surface area contributed by atoms with E-state index in [1.807, 2.05) is 0 Å². The van der Waals surface area contributed by atoms with Gasteiger partial charge in [-0.05, 0) is 43.0 Å². The van der Waals surface area contributed by atoms with Gasteiger partial charge in [-0.3, -0.25) is 4.79 Å². The van der Waals surface area contributed by atoms with Crippen molar-refractivity contribution in [3.05, 3.63) is 45.6 Å². The number of anilines is 2. The largest absolute Gasteiger partial charge is 0.398 e. The van der Waals surface area contributed by atoms with Gasteiger partial charge in [-0.25, -0.2) is 4.39 Å². The molecule has 1 aliphatic rings. The number of thiophene rings is 1. The Kier molecular flexibility index (Phi) is 3.35. The summed E-state index contributed by atoms with van der Waals surface area (Å²) >= 11 is 1.42. The van der Waals surface area contributed by atoms with Gasteiger partial charge in [0.2, 0.25) is 0 Å². The van der Waals surface area contributed by atoms with Crippen LogP contribution in [0.5, 0.6) is 0 Å². The first kappa shape index (κ1) is 13.6. The topological polar surface area (TPSA) is 78.9 Å². The zero-order valence-corrected chi connectivity index (χ0v) is 11.9. The average molecular weight is 301 g/mol. The van der Waals surface area contributed by atoms with E-state index < -0.39 is 11.7 Å². The molecule has 1 aromatic heterocycles. The second kappa shape index (κ2) is 5.19. The predicted molar refractivity (Wildman–Crippen MR) is 79.8 cm³/mol. The van der Waals surface area contributed by atoms with Crippen molar-refractivity contribution < 1.29 is 9.18 Å². The standard InChI is InChI=1S/C15H12FN3OS/c16-8-4-5-12(18)10(6-8)14(20)19-15-11(7-17)9-2-1-3-13(9)21-15/h4-6H,1-3,18H2,(H,19,20). The van der Waals surface area contributed by atoms with Crippen molar-refractivity contribution in [1.82, 2.24) is 0 Å². The summed E-state index contributed by atoms with van der Waals surface area (Å²) in [5.41, 5.74) is 7.54. The number of benzene rings is 1. The van der Waals surface area contributed by atoms with Gasteiger partial charge in [0.05, 0.1) is 11.1 Å². The number of rotatable bonds is 2. The number of carbonyl (C=O) groups is 1. The molecule has 0 radical (unpaired) electrons. The molecule has 2 aromatic rings. The lowest BCUT2D eigenvalue weighted by Gasteiger charge is -2.07. The predicted octanol–water partition coefficient (Wildman–Crippen LogP) is 3.08. The van der Waals surface area contributed by atoms with Crippen LogP contribution in [0.15, 0.2) is 18.2 Å². The fraction of sp³-hybridized carbons (Fsp3) is 0.200. The third kappa shape index (κ3) is 2.36. The Hall–Kier alpha value is -2.39.